The maximum atomic E-state index is 12.7. The molecule has 0 aliphatic rings. The SMILES string of the molecule is CCC(=O)O[C@H](C(=O)Nc1cc(C)ccc1OC)c1ccccc1. The van der Waals surface area contributed by atoms with E-state index in [1.807, 2.05) is 19.1 Å². The molecule has 0 heterocycles. The maximum absolute atomic E-state index is 12.7. The van der Waals surface area contributed by atoms with Crippen molar-refractivity contribution in [3.8, 4) is 5.75 Å². The van der Waals surface area contributed by atoms with Crippen molar-refractivity contribution < 1.29 is 19.1 Å². The summed E-state index contributed by atoms with van der Waals surface area (Å²) in [6.07, 6.45) is -0.812. The van der Waals surface area contributed by atoms with Gasteiger partial charge < -0.3 is 14.8 Å². The second kappa shape index (κ2) is 8.15. The Hall–Kier alpha value is -2.82. The van der Waals surface area contributed by atoms with Gasteiger partial charge in [0.25, 0.3) is 5.91 Å². The van der Waals surface area contributed by atoms with E-state index in [4.69, 9.17) is 9.47 Å². The molecule has 0 aromatic heterocycles. The van der Waals surface area contributed by atoms with E-state index in [1.54, 1.807) is 43.3 Å². The van der Waals surface area contributed by atoms with E-state index in [0.717, 1.165) is 5.56 Å². The summed E-state index contributed by atoms with van der Waals surface area (Å²) in [6, 6.07) is 14.4. The number of ether oxygens (including phenoxy) is 2. The summed E-state index contributed by atoms with van der Waals surface area (Å²) in [5.41, 5.74) is 2.13. The molecule has 2 rings (SSSR count). The molecule has 0 aliphatic carbocycles. The average molecular weight is 327 g/mol. The molecule has 0 aliphatic heterocycles. The number of rotatable bonds is 6. The standard InChI is InChI=1S/C19H21NO4/c1-4-17(21)24-18(14-8-6-5-7-9-14)19(22)20-15-12-13(2)10-11-16(15)23-3/h5-12,18H,4H2,1-3H3,(H,20,22)/t18-/m0/s1. The van der Waals surface area contributed by atoms with Crippen molar-refractivity contribution in [2.45, 2.75) is 26.4 Å². The normalized spacial score (nSPS) is 11.5. The first-order valence-electron chi connectivity index (χ1n) is 7.75. The number of hydrogen-bond donors (Lipinski definition) is 1. The Kier molecular flexibility index (Phi) is 5.95. The third kappa shape index (κ3) is 4.35. The van der Waals surface area contributed by atoms with Crippen LogP contribution in [0.4, 0.5) is 5.69 Å². The number of aryl methyl sites for hydroxylation is 1. The zero-order valence-corrected chi connectivity index (χ0v) is 14.0. The van der Waals surface area contributed by atoms with E-state index >= 15 is 0 Å². The van der Waals surface area contributed by atoms with Gasteiger partial charge in [0, 0.05) is 12.0 Å². The Balaban J connectivity index is 2.28. The predicted molar refractivity (Wildman–Crippen MR) is 91.9 cm³/mol. The van der Waals surface area contributed by atoms with Gasteiger partial charge in [-0.15, -0.1) is 0 Å². The zero-order chi connectivity index (χ0) is 17.5. The lowest BCUT2D eigenvalue weighted by molar-refractivity contribution is -0.154. The minimum atomic E-state index is -1.01. The molecular formula is C19H21NO4. The number of carbonyl (C=O) groups is 2. The first kappa shape index (κ1) is 17.5. The van der Waals surface area contributed by atoms with Crippen molar-refractivity contribution in [3.63, 3.8) is 0 Å². The van der Waals surface area contributed by atoms with Gasteiger partial charge >= 0.3 is 5.97 Å². The molecule has 0 saturated carbocycles. The van der Waals surface area contributed by atoms with Gasteiger partial charge in [-0.05, 0) is 24.6 Å². The summed E-state index contributed by atoms with van der Waals surface area (Å²) in [5, 5.41) is 2.79. The molecule has 0 saturated heterocycles. The van der Waals surface area contributed by atoms with Crippen LogP contribution in [0.5, 0.6) is 5.75 Å². The molecule has 1 amide bonds. The third-order valence-electron chi connectivity index (χ3n) is 3.49. The molecule has 5 nitrogen and oxygen atoms in total. The lowest BCUT2D eigenvalue weighted by Crippen LogP contribution is -2.25. The highest BCUT2D eigenvalue weighted by atomic mass is 16.5. The molecule has 2 aromatic carbocycles. The van der Waals surface area contributed by atoms with Gasteiger partial charge in [0.2, 0.25) is 6.10 Å². The quantitative estimate of drug-likeness (QED) is 0.823. The predicted octanol–water partition coefficient (Wildman–Crippen LogP) is 3.64. The second-order valence-corrected chi connectivity index (χ2v) is 5.33. The highest BCUT2D eigenvalue weighted by Crippen LogP contribution is 2.27. The summed E-state index contributed by atoms with van der Waals surface area (Å²) >= 11 is 0. The van der Waals surface area contributed by atoms with E-state index in [1.165, 1.54) is 7.11 Å². The zero-order valence-electron chi connectivity index (χ0n) is 14.0. The van der Waals surface area contributed by atoms with Crippen molar-refractivity contribution in [1.82, 2.24) is 0 Å². The van der Waals surface area contributed by atoms with E-state index in [9.17, 15) is 9.59 Å². The summed E-state index contributed by atoms with van der Waals surface area (Å²) in [7, 11) is 1.53. The van der Waals surface area contributed by atoms with Gasteiger partial charge in [0.05, 0.1) is 12.8 Å². The van der Waals surface area contributed by atoms with Crippen molar-refractivity contribution in [1.29, 1.82) is 0 Å². The number of anilines is 1. The molecule has 2 aromatic rings. The first-order chi connectivity index (χ1) is 11.5. The summed E-state index contributed by atoms with van der Waals surface area (Å²) < 4.78 is 10.6. The van der Waals surface area contributed by atoms with Crippen LogP contribution in [-0.4, -0.2) is 19.0 Å². The topological polar surface area (TPSA) is 64.6 Å². The van der Waals surface area contributed by atoms with Gasteiger partial charge in [0.15, 0.2) is 0 Å². The van der Waals surface area contributed by atoms with Crippen LogP contribution in [0.25, 0.3) is 0 Å². The molecule has 0 fully saturated rings. The van der Waals surface area contributed by atoms with Crippen LogP contribution >= 0.6 is 0 Å². The second-order valence-electron chi connectivity index (χ2n) is 5.33. The van der Waals surface area contributed by atoms with Crippen LogP contribution in [-0.2, 0) is 14.3 Å². The molecular weight excluding hydrogens is 306 g/mol. The maximum Gasteiger partial charge on any atom is 0.306 e. The summed E-state index contributed by atoms with van der Waals surface area (Å²) in [4.78, 5) is 24.4. The number of carbonyl (C=O) groups excluding carboxylic acids is 2. The highest BCUT2D eigenvalue weighted by Gasteiger charge is 2.25. The fourth-order valence-electron chi connectivity index (χ4n) is 2.23. The van der Waals surface area contributed by atoms with E-state index in [-0.39, 0.29) is 6.42 Å². The van der Waals surface area contributed by atoms with Crippen LogP contribution in [0.2, 0.25) is 0 Å². The van der Waals surface area contributed by atoms with Gasteiger partial charge in [-0.25, -0.2) is 0 Å². The van der Waals surface area contributed by atoms with Crippen LogP contribution < -0.4 is 10.1 Å². The van der Waals surface area contributed by atoms with Gasteiger partial charge in [-0.3, -0.25) is 9.59 Å². The van der Waals surface area contributed by atoms with Crippen molar-refractivity contribution in [2.24, 2.45) is 0 Å². The van der Waals surface area contributed by atoms with Crippen LogP contribution in [0.3, 0.4) is 0 Å². The molecule has 1 atom stereocenters. The lowest BCUT2D eigenvalue weighted by Gasteiger charge is -2.19. The van der Waals surface area contributed by atoms with Crippen LogP contribution in [0.15, 0.2) is 48.5 Å². The van der Waals surface area contributed by atoms with E-state index in [2.05, 4.69) is 5.32 Å². The fraction of sp³-hybridized carbons (Fsp3) is 0.263. The smallest absolute Gasteiger partial charge is 0.306 e. The minimum Gasteiger partial charge on any atom is -0.495 e. The van der Waals surface area contributed by atoms with Crippen LogP contribution in [0.1, 0.15) is 30.6 Å². The van der Waals surface area contributed by atoms with Crippen molar-refractivity contribution in [2.75, 3.05) is 12.4 Å². The highest BCUT2D eigenvalue weighted by molar-refractivity contribution is 5.97. The number of methoxy groups -OCH3 is 1. The number of nitrogens with one attached hydrogen (secondary N) is 1. The van der Waals surface area contributed by atoms with Crippen LogP contribution in [0, 0.1) is 6.92 Å². The monoisotopic (exact) mass is 327 g/mol. The summed E-state index contributed by atoms with van der Waals surface area (Å²) in [5.74, 6) is -0.315. The van der Waals surface area contributed by atoms with Gasteiger partial charge in [-0.1, -0.05) is 43.3 Å². The average Bonchev–Trinajstić information content (AvgIpc) is 2.60. The largest absolute Gasteiger partial charge is 0.495 e. The molecule has 0 bridgehead atoms. The molecule has 126 valence electrons. The molecule has 5 heteroatoms. The fourth-order valence-corrected chi connectivity index (χ4v) is 2.23. The minimum absolute atomic E-state index is 0.199. The van der Waals surface area contributed by atoms with E-state index in [0.29, 0.717) is 17.0 Å². The number of amides is 1. The Morgan fingerprint density at radius 1 is 1.12 bits per heavy atom. The molecule has 0 unspecified atom stereocenters. The third-order valence-corrected chi connectivity index (χ3v) is 3.49. The molecule has 24 heavy (non-hydrogen) atoms. The summed E-state index contributed by atoms with van der Waals surface area (Å²) in [6.45, 7) is 3.60. The van der Waals surface area contributed by atoms with Crippen molar-refractivity contribution >= 4 is 17.6 Å². The number of hydrogen-bond acceptors (Lipinski definition) is 4. The van der Waals surface area contributed by atoms with E-state index < -0.39 is 18.0 Å². The number of esters is 1. The van der Waals surface area contributed by atoms with Gasteiger partial charge in [0.1, 0.15) is 5.75 Å². The Bertz CT molecular complexity index is 713. The molecule has 0 spiro atoms. The first-order valence-corrected chi connectivity index (χ1v) is 7.75. The molecule has 0 radical (unpaired) electrons. The Morgan fingerprint density at radius 2 is 1.83 bits per heavy atom. The Labute approximate surface area is 141 Å². The van der Waals surface area contributed by atoms with Gasteiger partial charge in [-0.2, -0.15) is 0 Å². The number of benzene rings is 2. The van der Waals surface area contributed by atoms with Crippen molar-refractivity contribution in [3.05, 3.63) is 59.7 Å². The Morgan fingerprint density at radius 3 is 2.46 bits per heavy atom. The lowest BCUT2D eigenvalue weighted by atomic mass is 10.1. The molecule has 1 N–H and O–H groups in total.